The molecule has 3 aromatic rings. The van der Waals surface area contributed by atoms with Crippen LogP contribution in [0.4, 0.5) is 19.5 Å². The Kier molecular flexibility index (Phi) is 7.44. The van der Waals surface area contributed by atoms with E-state index in [9.17, 15) is 18.4 Å². The highest BCUT2D eigenvalue weighted by molar-refractivity contribution is 6.30. The number of ether oxygens (including phenoxy) is 1. The molecular weight excluding hydrogens is 458 g/mol. The first-order valence-electron chi connectivity index (χ1n) is 9.65. The number of nitrogens with zero attached hydrogens (tertiary/aromatic N) is 5. The number of hydrogen-bond donors (Lipinski definition) is 1. The van der Waals surface area contributed by atoms with Gasteiger partial charge in [0.2, 0.25) is 11.9 Å². The van der Waals surface area contributed by atoms with Gasteiger partial charge in [-0.25, -0.2) is 23.2 Å². The van der Waals surface area contributed by atoms with Crippen LogP contribution in [0.25, 0.3) is 0 Å². The molecule has 0 radical (unpaired) electrons. The van der Waals surface area contributed by atoms with Crippen molar-refractivity contribution in [2.45, 2.75) is 13.1 Å². The number of carbonyl (C=O) groups excluding carboxylic acids is 2. The molecule has 174 valence electrons. The van der Waals surface area contributed by atoms with Crippen molar-refractivity contribution >= 4 is 29.5 Å². The van der Waals surface area contributed by atoms with Crippen molar-refractivity contribution in [1.82, 2.24) is 24.6 Å². The average Bonchev–Trinajstić information content (AvgIpc) is 3.19. The minimum atomic E-state index is -0.595. The van der Waals surface area contributed by atoms with Crippen molar-refractivity contribution < 1.29 is 23.1 Å². The summed E-state index contributed by atoms with van der Waals surface area (Å²) in [5.74, 6) is -0.770. The van der Waals surface area contributed by atoms with E-state index in [2.05, 4.69) is 15.4 Å². The van der Waals surface area contributed by atoms with Crippen molar-refractivity contribution in [2.75, 3.05) is 26.5 Å². The summed E-state index contributed by atoms with van der Waals surface area (Å²) in [5.41, 5.74) is 0.364. The highest BCUT2D eigenvalue weighted by Crippen LogP contribution is 2.29. The molecule has 1 heterocycles. The maximum absolute atomic E-state index is 13.9. The normalized spacial score (nSPS) is 10.6. The van der Waals surface area contributed by atoms with Crippen LogP contribution in [-0.4, -0.2) is 57.6 Å². The van der Waals surface area contributed by atoms with Crippen molar-refractivity contribution in [3.63, 3.8) is 0 Å². The molecule has 12 heteroatoms. The fourth-order valence-corrected chi connectivity index (χ4v) is 2.84. The Hall–Kier alpha value is -3.73. The number of likely N-dealkylation sites (N-methyl/N-ethyl adjacent to an activating group) is 1. The Morgan fingerprint density at radius 1 is 1.15 bits per heavy atom. The molecule has 0 spiro atoms. The number of aromatic nitrogens is 3. The van der Waals surface area contributed by atoms with Crippen molar-refractivity contribution in [2.24, 2.45) is 0 Å². The van der Waals surface area contributed by atoms with E-state index >= 15 is 0 Å². The number of amides is 3. The molecule has 3 rings (SSSR count). The Bertz CT molecular complexity index is 1170. The van der Waals surface area contributed by atoms with Gasteiger partial charge in [-0.2, -0.15) is 0 Å². The molecule has 0 aliphatic rings. The SMILES string of the molecule is CN(C)C(=O)Cn1cnc(NC(=O)N(C)Cc2cc(F)ccc2Oc2ccc(F)c(Cl)c2)n1. The fraction of sp³-hybridized carbons (Fsp3) is 0.238. The number of halogens is 3. The molecule has 0 saturated heterocycles. The van der Waals surface area contributed by atoms with Crippen molar-refractivity contribution in [1.29, 1.82) is 0 Å². The first-order chi connectivity index (χ1) is 15.6. The molecule has 33 heavy (non-hydrogen) atoms. The summed E-state index contributed by atoms with van der Waals surface area (Å²) in [5, 5.41) is 6.43. The zero-order valence-electron chi connectivity index (χ0n) is 18.1. The first kappa shape index (κ1) is 23.9. The van der Waals surface area contributed by atoms with Gasteiger partial charge in [0.1, 0.15) is 36.0 Å². The highest BCUT2D eigenvalue weighted by atomic mass is 35.5. The molecule has 2 aromatic carbocycles. The van der Waals surface area contributed by atoms with Gasteiger partial charge in [0.25, 0.3) is 0 Å². The maximum atomic E-state index is 13.9. The number of urea groups is 1. The van der Waals surface area contributed by atoms with E-state index in [4.69, 9.17) is 16.3 Å². The summed E-state index contributed by atoms with van der Waals surface area (Å²) in [6.45, 7) is -0.0449. The third-order valence-corrected chi connectivity index (χ3v) is 4.74. The summed E-state index contributed by atoms with van der Waals surface area (Å²) in [4.78, 5) is 30.9. The minimum Gasteiger partial charge on any atom is -0.457 e. The van der Waals surface area contributed by atoms with Gasteiger partial charge in [-0.1, -0.05) is 11.6 Å². The second kappa shape index (κ2) is 10.3. The number of benzene rings is 2. The van der Waals surface area contributed by atoms with E-state index in [1.54, 1.807) is 14.1 Å². The molecule has 0 fully saturated rings. The fourth-order valence-electron chi connectivity index (χ4n) is 2.66. The van der Waals surface area contributed by atoms with Gasteiger partial charge in [0, 0.05) is 32.8 Å². The third-order valence-electron chi connectivity index (χ3n) is 4.45. The largest absolute Gasteiger partial charge is 0.457 e. The molecule has 3 amide bonds. The first-order valence-corrected chi connectivity index (χ1v) is 10.0. The lowest BCUT2D eigenvalue weighted by Gasteiger charge is -2.19. The monoisotopic (exact) mass is 478 g/mol. The summed E-state index contributed by atoms with van der Waals surface area (Å²) in [6, 6.07) is 7.10. The number of carbonyl (C=O) groups is 2. The summed E-state index contributed by atoms with van der Waals surface area (Å²) in [7, 11) is 4.73. The van der Waals surface area contributed by atoms with Crippen LogP contribution in [0.15, 0.2) is 42.7 Å². The lowest BCUT2D eigenvalue weighted by Crippen LogP contribution is -2.31. The van der Waals surface area contributed by atoms with Gasteiger partial charge in [-0.05, 0) is 30.3 Å². The molecule has 1 N–H and O–H groups in total. The van der Waals surface area contributed by atoms with Crippen LogP contribution in [0.3, 0.4) is 0 Å². The summed E-state index contributed by atoms with van der Waals surface area (Å²) in [6.07, 6.45) is 1.32. The van der Waals surface area contributed by atoms with Gasteiger partial charge in [0.15, 0.2) is 0 Å². The van der Waals surface area contributed by atoms with Crippen molar-refractivity contribution in [3.8, 4) is 11.5 Å². The van der Waals surface area contributed by atoms with Gasteiger partial charge >= 0.3 is 6.03 Å². The van der Waals surface area contributed by atoms with E-state index in [0.717, 1.165) is 6.07 Å². The number of nitrogens with one attached hydrogen (secondary N) is 1. The Morgan fingerprint density at radius 2 is 1.91 bits per heavy atom. The van der Waals surface area contributed by atoms with E-state index < -0.39 is 17.7 Å². The molecular formula is C21H21ClF2N6O3. The number of hydrogen-bond acceptors (Lipinski definition) is 5. The van der Waals surface area contributed by atoms with Crippen LogP contribution in [0, 0.1) is 11.6 Å². The van der Waals surface area contributed by atoms with E-state index in [0.29, 0.717) is 5.56 Å². The van der Waals surface area contributed by atoms with Crippen LogP contribution < -0.4 is 10.1 Å². The Balaban J connectivity index is 1.68. The maximum Gasteiger partial charge on any atom is 0.324 e. The van der Waals surface area contributed by atoms with Gasteiger partial charge in [-0.3, -0.25) is 10.1 Å². The second-order valence-electron chi connectivity index (χ2n) is 7.27. The van der Waals surface area contributed by atoms with Gasteiger partial charge in [0.05, 0.1) is 11.6 Å². The summed E-state index contributed by atoms with van der Waals surface area (Å²) < 4.78 is 34.3. The van der Waals surface area contributed by atoms with E-state index in [-0.39, 0.29) is 41.5 Å². The quantitative estimate of drug-likeness (QED) is 0.558. The zero-order valence-corrected chi connectivity index (χ0v) is 18.8. The van der Waals surface area contributed by atoms with E-state index in [1.807, 2.05) is 0 Å². The van der Waals surface area contributed by atoms with E-state index in [1.165, 1.54) is 58.2 Å². The third kappa shape index (κ3) is 6.39. The van der Waals surface area contributed by atoms with Crippen LogP contribution in [0.2, 0.25) is 5.02 Å². The zero-order chi connectivity index (χ0) is 24.1. The van der Waals surface area contributed by atoms with Crippen LogP contribution in [-0.2, 0) is 17.9 Å². The van der Waals surface area contributed by atoms with Crippen LogP contribution in [0.1, 0.15) is 5.56 Å². The number of rotatable bonds is 7. The lowest BCUT2D eigenvalue weighted by molar-refractivity contribution is -0.129. The second-order valence-corrected chi connectivity index (χ2v) is 7.68. The van der Waals surface area contributed by atoms with Gasteiger partial charge < -0.3 is 14.5 Å². The Labute approximate surface area is 193 Å². The predicted molar refractivity (Wildman–Crippen MR) is 117 cm³/mol. The molecule has 0 atom stereocenters. The molecule has 0 saturated carbocycles. The average molecular weight is 479 g/mol. The highest BCUT2D eigenvalue weighted by Gasteiger charge is 2.16. The van der Waals surface area contributed by atoms with Crippen LogP contribution in [0.5, 0.6) is 11.5 Å². The minimum absolute atomic E-state index is 0.00933. The molecule has 0 aliphatic carbocycles. The topological polar surface area (TPSA) is 92.6 Å². The Morgan fingerprint density at radius 3 is 2.61 bits per heavy atom. The predicted octanol–water partition coefficient (Wildman–Crippen LogP) is 3.75. The van der Waals surface area contributed by atoms with Gasteiger partial charge in [-0.15, -0.1) is 5.10 Å². The molecule has 0 aliphatic heterocycles. The van der Waals surface area contributed by atoms with Crippen LogP contribution >= 0.6 is 11.6 Å². The standard InChI is InChI=1S/C21H21ClF2N6O3/c1-28(2)19(31)11-30-12-25-20(27-30)26-21(32)29(3)10-13-8-14(23)4-7-18(13)33-15-5-6-17(24)16(22)9-15/h4-9,12H,10-11H2,1-3H3,(H,26,27,32). The number of anilines is 1. The molecule has 9 nitrogen and oxygen atoms in total. The molecule has 0 bridgehead atoms. The molecule has 1 aromatic heterocycles. The molecule has 0 unspecified atom stereocenters. The van der Waals surface area contributed by atoms with Crippen molar-refractivity contribution in [3.05, 3.63) is 64.9 Å². The summed E-state index contributed by atoms with van der Waals surface area (Å²) >= 11 is 5.78. The lowest BCUT2D eigenvalue weighted by atomic mass is 10.2. The smallest absolute Gasteiger partial charge is 0.324 e.